The van der Waals surface area contributed by atoms with Gasteiger partial charge in [0.1, 0.15) is 6.33 Å². The van der Waals surface area contributed by atoms with Crippen molar-refractivity contribution in [3.8, 4) is 5.69 Å². The van der Waals surface area contributed by atoms with Gasteiger partial charge in [-0.15, -0.1) is 10.2 Å². The van der Waals surface area contributed by atoms with Crippen molar-refractivity contribution in [2.75, 3.05) is 6.54 Å². The summed E-state index contributed by atoms with van der Waals surface area (Å²) in [6, 6.07) is 10.0. The zero-order valence-electron chi connectivity index (χ0n) is 9.32. The zero-order chi connectivity index (χ0) is 11.7. The highest BCUT2D eigenvalue weighted by Crippen LogP contribution is 2.23. The second kappa shape index (κ2) is 4.27. The third-order valence-electron chi connectivity index (χ3n) is 3.03. The summed E-state index contributed by atoms with van der Waals surface area (Å²) in [5.74, 6) is 0.854. The van der Waals surface area contributed by atoms with E-state index in [1.807, 2.05) is 34.9 Å². The summed E-state index contributed by atoms with van der Waals surface area (Å²) < 4.78 is 1.95. The lowest BCUT2D eigenvalue weighted by molar-refractivity contribution is 0.193. The fraction of sp³-hybridized carbons (Fsp3) is 0.333. The molecule has 0 radical (unpaired) electrons. The maximum absolute atomic E-state index is 9.54. The van der Waals surface area contributed by atoms with Crippen molar-refractivity contribution in [2.45, 2.75) is 18.6 Å². The summed E-state index contributed by atoms with van der Waals surface area (Å²) in [6.45, 7) is 0.617. The lowest BCUT2D eigenvalue weighted by atomic mass is 10.2. The van der Waals surface area contributed by atoms with E-state index in [4.69, 9.17) is 0 Å². The van der Waals surface area contributed by atoms with Crippen LogP contribution in [0.15, 0.2) is 36.7 Å². The van der Waals surface area contributed by atoms with Crippen LogP contribution in [0.3, 0.4) is 0 Å². The van der Waals surface area contributed by atoms with Crippen LogP contribution in [0.2, 0.25) is 0 Å². The van der Waals surface area contributed by atoms with Gasteiger partial charge in [-0.2, -0.15) is 0 Å². The van der Waals surface area contributed by atoms with E-state index in [0.29, 0.717) is 13.0 Å². The van der Waals surface area contributed by atoms with Crippen molar-refractivity contribution in [3.05, 3.63) is 42.5 Å². The van der Waals surface area contributed by atoms with Crippen molar-refractivity contribution in [2.24, 2.45) is 0 Å². The molecule has 0 unspecified atom stereocenters. The Balaban J connectivity index is 1.95. The van der Waals surface area contributed by atoms with Crippen molar-refractivity contribution in [3.63, 3.8) is 0 Å². The predicted octanol–water partition coefficient (Wildman–Crippen LogP) is 0.663. The van der Waals surface area contributed by atoms with Crippen molar-refractivity contribution >= 4 is 0 Å². The summed E-state index contributed by atoms with van der Waals surface area (Å²) in [7, 11) is 0. The van der Waals surface area contributed by atoms with Crippen LogP contribution in [0.25, 0.3) is 5.69 Å². The lowest BCUT2D eigenvalue weighted by Crippen LogP contribution is -2.18. The molecule has 5 nitrogen and oxygen atoms in total. The van der Waals surface area contributed by atoms with Crippen LogP contribution >= 0.6 is 0 Å². The molecule has 2 aromatic rings. The summed E-state index contributed by atoms with van der Waals surface area (Å²) in [4.78, 5) is 0. The van der Waals surface area contributed by atoms with Crippen LogP contribution in [0.1, 0.15) is 18.3 Å². The van der Waals surface area contributed by atoms with Gasteiger partial charge in [-0.05, 0) is 18.6 Å². The highest BCUT2D eigenvalue weighted by atomic mass is 16.3. The summed E-state index contributed by atoms with van der Waals surface area (Å²) >= 11 is 0. The molecular formula is C12H14N4O. The number of benzene rings is 1. The van der Waals surface area contributed by atoms with E-state index in [9.17, 15) is 5.11 Å². The molecule has 17 heavy (non-hydrogen) atoms. The number of aliphatic hydroxyl groups is 1. The molecule has 0 amide bonds. The van der Waals surface area contributed by atoms with Gasteiger partial charge < -0.3 is 10.4 Å². The molecule has 2 atom stereocenters. The normalized spacial score (nSPS) is 24.1. The van der Waals surface area contributed by atoms with E-state index in [1.54, 1.807) is 6.33 Å². The van der Waals surface area contributed by atoms with E-state index in [2.05, 4.69) is 15.5 Å². The van der Waals surface area contributed by atoms with Crippen molar-refractivity contribution in [1.82, 2.24) is 20.1 Å². The average molecular weight is 230 g/mol. The van der Waals surface area contributed by atoms with Crippen LogP contribution in [0.5, 0.6) is 0 Å². The molecule has 1 saturated heterocycles. The predicted molar refractivity (Wildman–Crippen MR) is 62.7 cm³/mol. The number of aliphatic hydroxyl groups excluding tert-OH is 1. The minimum Gasteiger partial charge on any atom is -0.392 e. The van der Waals surface area contributed by atoms with E-state index in [-0.39, 0.29) is 12.1 Å². The first-order chi connectivity index (χ1) is 8.34. The van der Waals surface area contributed by atoms with Gasteiger partial charge in [-0.3, -0.25) is 4.57 Å². The lowest BCUT2D eigenvalue weighted by Gasteiger charge is -2.11. The zero-order valence-corrected chi connectivity index (χ0v) is 9.32. The van der Waals surface area contributed by atoms with Gasteiger partial charge >= 0.3 is 0 Å². The number of nitrogens with zero attached hydrogens (tertiary/aromatic N) is 3. The summed E-state index contributed by atoms with van der Waals surface area (Å²) in [6.07, 6.45) is 2.10. The van der Waals surface area contributed by atoms with E-state index >= 15 is 0 Å². The number of β-amino-alcohol motifs (C(OH)–C–C–N with tert-alkyl or cyclic N) is 1. The van der Waals surface area contributed by atoms with Gasteiger partial charge in [0.2, 0.25) is 0 Å². The quantitative estimate of drug-likeness (QED) is 0.795. The van der Waals surface area contributed by atoms with E-state index in [1.165, 1.54) is 0 Å². The van der Waals surface area contributed by atoms with Crippen LogP contribution in [-0.2, 0) is 0 Å². The minimum atomic E-state index is -0.291. The number of rotatable bonds is 2. The summed E-state index contributed by atoms with van der Waals surface area (Å²) in [5.41, 5.74) is 1.04. The monoisotopic (exact) mass is 230 g/mol. The average Bonchev–Trinajstić information content (AvgIpc) is 2.98. The van der Waals surface area contributed by atoms with Crippen molar-refractivity contribution in [1.29, 1.82) is 0 Å². The molecule has 0 saturated carbocycles. The molecule has 3 rings (SSSR count). The number of aromatic nitrogens is 3. The minimum absolute atomic E-state index is 0.0766. The number of nitrogens with one attached hydrogen (secondary N) is 1. The van der Waals surface area contributed by atoms with Gasteiger partial charge in [0, 0.05) is 12.2 Å². The van der Waals surface area contributed by atoms with Crippen molar-refractivity contribution < 1.29 is 5.11 Å². The maximum Gasteiger partial charge on any atom is 0.154 e. The molecule has 0 aliphatic carbocycles. The van der Waals surface area contributed by atoms with Gasteiger partial charge in [0.15, 0.2) is 5.82 Å². The Labute approximate surface area is 99.1 Å². The molecule has 88 valence electrons. The van der Waals surface area contributed by atoms with Gasteiger partial charge in [-0.25, -0.2) is 0 Å². The van der Waals surface area contributed by atoms with E-state index in [0.717, 1.165) is 11.5 Å². The molecule has 1 aliphatic rings. The first-order valence-corrected chi connectivity index (χ1v) is 5.71. The van der Waals surface area contributed by atoms with Gasteiger partial charge in [0.25, 0.3) is 0 Å². The van der Waals surface area contributed by atoms with Crippen LogP contribution < -0.4 is 5.32 Å². The molecule has 2 N–H and O–H groups in total. The maximum atomic E-state index is 9.54. The molecule has 1 aliphatic heterocycles. The summed E-state index contributed by atoms with van der Waals surface area (Å²) in [5, 5.41) is 20.9. The second-order valence-corrected chi connectivity index (χ2v) is 4.25. The topological polar surface area (TPSA) is 63.0 Å². The Morgan fingerprint density at radius 3 is 2.82 bits per heavy atom. The Morgan fingerprint density at radius 1 is 1.29 bits per heavy atom. The molecule has 0 spiro atoms. The molecule has 5 heteroatoms. The molecular weight excluding hydrogens is 216 g/mol. The van der Waals surface area contributed by atoms with Gasteiger partial charge in [0.05, 0.1) is 12.1 Å². The Morgan fingerprint density at radius 2 is 2.12 bits per heavy atom. The first kappa shape index (κ1) is 10.4. The first-order valence-electron chi connectivity index (χ1n) is 5.71. The largest absolute Gasteiger partial charge is 0.392 e. The Kier molecular flexibility index (Phi) is 2.62. The fourth-order valence-electron chi connectivity index (χ4n) is 2.18. The molecule has 1 aromatic carbocycles. The molecule has 2 heterocycles. The Hall–Kier alpha value is -1.72. The highest BCUT2D eigenvalue weighted by Gasteiger charge is 2.27. The molecule has 1 fully saturated rings. The van der Waals surface area contributed by atoms with Crippen LogP contribution in [-0.4, -0.2) is 32.5 Å². The van der Waals surface area contributed by atoms with E-state index < -0.39 is 0 Å². The smallest absolute Gasteiger partial charge is 0.154 e. The van der Waals surface area contributed by atoms with Gasteiger partial charge in [-0.1, -0.05) is 18.2 Å². The highest BCUT2D eigenvalue weighted by molar-refractivity contribution is 5.32. The molecule has 1 aromatic heterocycles. The van der Waals surface area contributed by atoms with Crippen LogP contribution in [0, 0.1) is 0 Å². The third-order valence-corrected chi connectivity index (χ3v) is 3.03. The third kappa shape index (κ3) is 1.94. The number of para-hydroxylation sites is 1. The number of hydrogen-bond donors (Lipinski definition) is 2. The SMILES string of the molecule is O[C@H]1CN[C@@H](c2nncn2-c2ccccc2)C1. The fourth-order valence-corrected chi connectivity index (χ4v) is 2.18. The second-order valence-electron chi connectivity index (χ2n) is 4.25. The Bertz CT molecular complexity index is 496. The van der Waals surface area contributed by atoms with Crippen LogP contribution in [0.4, 0.5) is 0 Å². The standard InChI is InChI=1S/C12H14N4O/c17-10-6-11(13-7-10)12-15-14-8-16(12)9-4-2-1-3-5-9/h1-5,8,10-11,13,17H,6-7H2/t10-,11-/m1/s1. The molecule has 0 bridgehead atoms. The number of hydrogen-bond acceptors (Lipinski definition) is 4.